The van der Waals surface area contributed by atoms with Gasteiger partial charge in [0.05, 0.1) is 24.2 Å². The first-order valence-corrected chi connectivity index (χ1v) is 17.5. The zero-order chi connectivity index (χ0) is 38.5. The normalized spacial score (nSPS) is 18.4. The number of benzene rings is 3. The second-order valence-corrected chi connectivity index (χ2v) is 13.5. The summed E-state index contributed by atoms with van der Waals surface area (Å²) < 4.78 is 88.5. The molecule has 3 aromatic carbocycles. The fourth-order valence-corrected chi connectivity index (χ4v) is 7.10. The Morgan fingerprint density at radius 1 is 0.926 bits per heavy atom. The molecule has 2 atom stereocenters. The number of nitrogens with zero attached hydrogens (tertiary/aromatic N) is 3. The molecule has 0 N–H and O–H groups in total. The highest BCUT2D eigenvalue weighted by molar-refractivity contribution is 6.34. The molecule has 3 fully saturated rings. The topological polar surface area (TPSA) is 104 Å². The van der Waals surface area contributed by atoms with Gasteiger partial charge in [0.2, 0.25) is 5.69 Å². The summed E-state index contributed by atoms with van der Waals surface area (Å²) in [6, 6.07) is 15.9. The minimum atomic E-state index is -3.43. The van der Waals surface area contributed by atoms with Gasteiger partial charge in [-0.1, -0.05) is 53.5 Å². The number of halogens is 7. The van der Waals surface area contributed by atoms with Crippen LogP contribution in [0.15, 0.2) is 79.0 Å². The number of anilines is 1. The lowest BCUT2D eigenvalue weighted by Crippen LogP contribution is -2.53. The summed E-state index contributed by atoms with van der Waals surface area (Å²) in [7, 11) is 0. The van der Waals surface area contributed by atoms with Crippen molar-refractivity contribution in [1.29, 1.82) is 0 Å². The van der Waals surface area contributed by atoms with Gasteiger partial charge in [0.15, 0.2) is 17.7 Å². The maximum atomic E-state index is 15.1. The van der Waals surface area contributed by atoms with Crippen molar-refractivity contribution >= 4 is 41.0 Å². The number of ether oxygens (including phenoxy) is 4. The minimum Gasteiger partial charge on any atom is -0.618 e. The molecule has 0 spiro atoms. The molecule has 4 heterocycles. The molecule has 4 aromatic rings. The Morgan fingerprint density at radius 2 is 1.65 bits per heavy atom. The van der Waals surface area contributed by atoms with E-state index in [1.165, 1.54) is 42.5 Å². The maximum absolute atomic E-state index is 15.1. The molecule has 3 aliphatic rings. The summed E-state index contributed by atoms with van der Waals surface area (Å²) in [4.78, 5) is 30.8. The van der Waals surface area contributed by atoms with Gasteiger partial charge in [-0.2, -0.15) is 22.3 Å². The zero-order valence-corrected chi connectivity index (χ0v) is 29.7. The van der Waals surface area contributed by atoms with Crippen LogP contribution in [0.2, 0.25) is 10.0 Å². The Kier molecular flexibility index (Phi) is 12.3. The van der Waals surface area contributed by atoms with E-state index in [1.807, 2.05) is 0 Å². The number of aromatic nitrogens is 1. The molecule has 0 saturated carbocycles. The summed E-state index contributed by atoms with van der Waals surface area (Å²) in [5.41, 5.74) is 0.122. The smallest absolute Gasteiger partial charge is 0.415 e. The average molecular weight is 797 g/mol. The maximum Gasteiger partial charge on any atom is 0.415 e. The van der Waals surface area contributed by atoms with Crippen molar-refractivity contribution in [3.05, 3.63) is 122 Å². The van der Waals surface area contributed by atoms with E-state index in [1.54, 1.807) is 12.1 Å². The van der Waals surface area contributed by atoms with Crippen LogP contribution in [0.1, 0.15) is 46.1 Å². The number of fused-ring (bicyclic) bond motifs is 3. The third kappa shape index (κ3) is 9.43. The van der Waals surface area contributed by atoms with Gasteiger partial charge in [-0.05, 0) is 85.4 Å². The Hall–Kier alpha value is -4.86. The lowest BCUT2D eigenvalue weighted by Gasteiger charge is -2.44. The van der Waals surface area contributed by atoms with Crippen LogP contribution < -0.4 is 19.1 Å². The number of carbonyl (C=O) groups is 2. The van der Waals surface area contributed by atoms with Crippen LogP contribution >= 0.6 is 23.2 Å². The first-order chi connectivity index (χ1) is 25.8. The van der Waals surface area contributed by atoms with Gasteiger partial charge in [0, 0.05) is 6.54 Å². The monoisotopic (exact) mass is 795 g/mol. The van der Waals surface area contributed by atoms with Crippen molar-refractivity contribution in [2.75, 3.05) is 24.5 Å². The van der Waals surface area contributed by atoms with E-state index < -0.39 is 55.1 Å². The Balaban J connectivity index is 1.28. The Bertz CT molecular complexity index is 1960. The molecule has 286 valence electrons. The van der Waals surface area contributed by atoms with Gasteiger partial charge in [0.25, 0.3) is 0 Å². The van der Waals surface area contributed by atoms with Crippen molar-refractivity contribution in [2.24, 2.45) is 5.92 Å². The van der Waals surface area contributed by atoms with Crippen LogP contribution in [0, 0.1) is 16.9 Å². The summed E-state index contributed by atoms with van der Waals surface area (Å²) in [6.45, 7) is -4.59. The van der Waals surface area contributed by atoms with Crippen LogP contribution in [-0.4, -0.2) is 55.9 Å². The lowest BCUT2D eigenvalue weighted by atomic mass is 9.86. The number of rotatable bonds is 13. The van der Waals surface area contributed by atoms with Crippen LogP contribution in [0.3, 0.4) is 0 Å². The number of carbonyl (C=O) groups excluding carboxylic acids is 2. The summed E-state index contributed by atoms with van der Waals surface area (Å²) in [5.74, 6) is -2.96. The highest BCUT2D eigenvalue weighted by Crippen LogP contribution is 2.36. The summed E-state index contributed by atoms with van der Waals surface area (Å²) in [5, 5.41) is 12.7. The molecule has 54 heavy (non-hydrogen) atoms. The van der Waals surface area contributed by atoms with Crippen molar-refractivity contribution in [3.63, 3.8) is 0 Å². The highest BCUT2D eigenvalue weighted by atomic mass is 35.5. The Labute approximate surface area is 316 Å². The van der Waals surface area contributed by atoms with Crippen molar-refractivity contribution in [3.8, 4) is 11.5 Å². The Morgan fingerprint density at radius 3 is 2.31 bits per heavy atom. The van der Waals surface area contributed by atoms with Crippen molar-refractivity contribution < 1.29 is 55.2 Å². The number of amides is 1. The summed E-state index contributed by atoms with van der Waals surface area (Å²) in [6.07, 6.45) is -0.228. The molecule has 7 rings (SSSR count). The lowest BCUT2D eigenvalue weighted by molar-refractivity contribution is -0.614. The first kappa shape index (κ1) is 38.9. The fourth-order valence-electron chi connectivity index (χ4n) is 6.57. The van der Waals surface area contributed by atoms with E-state index in [0.29, 0.717) is 16.8 Å². The zero-order valence-electron chi connectivity index (χ0n) is 28.2. The number of piperidine rings is 3. The molecule has 0 aliphatic carbocycles. The molecule has 3 aliphatic heterocycles. The predicted octanol–water partition coefficient (Wildman–Crippen LogP) is 8.35. The number of esters is 1. The molecule has 1 aromatic heterocycles. The second kappa shape index (κ2) is 17.1. The third-order valence-electron chi connectivity index (χ3n) is 9.16. The summed E-state index contributed by atoms with van der Waals surface area (Å²) >= 11 is 12.2. The molecular formula is C37H32Cl2F5N3O7. The van der Waals surface area contributed by atoms with Gasteiger partial charge in [0.1, 0.15) is 28.1 Å². The molecule has 0 unspecified atom stereocenters. The number of hydrogen-bond acceptors (Lipinski definition) is 8. The first-order valence-electron chi connectivity index (χ1n) is 16.7. The van der Waals surface area contributed by atoms with E-state index in [-0.39, 0.29) is 51.1 Å². The van der Waals surface area contributed by atoms with E-state index >= 15 is 4.39 Å². The number of pyridine rings is 1. The SMILES string of the molecule is O=C(O[C@@H](Cc1c(Cl)cc(Cl)c[n+]1[O-])c1ccc(OC(F)F)c(OC(F)F)c1)c1cccc(CN(C(=O)O[C@H]2CN3CCC2CC3)c2ccccc2F)c1. The molecule has 17 heteroatoms. The van der Waals surface area contributed by atoms with E-state index in [9.17, 15) is 32.4 Å². The van der Waals surface area contributed by atoms with Gasteiger partial charge in [-0.3, -0.25) is 9.80 Å². The molecule has 1 amide bonds. The van der Waals surface area contributed by atoms with Gasteiger partial charge in [-0.25, -0.2) is 14.0 Å². The van der Waals surface area contributed by atoms with Gasteiger partial charge < -0.3 is 24.2 Å². The van der Waals surface area contributed by atoms with Crippen LogP contribution in [0.4, 0.5) is 32.4 Å². The van der Waals surface area contributed by atoms with E-state index in [0.717, 1.165) is 55.2 Å². The molecule has 0 radical (unpaired) electrons. The van der Waals surface area contributed by atoms with E-state index in [4.69, 9.17) is 32.7 Å². The van der Waals surface area contributed by atoms with E-state index in [2.05, 4.69) is 14.4 Å². The number of alkyl halides is 4. The second-order valence-electron chi connectivity index (χ2n) is 12.6. The average Bonchev–Trinajstić information content (AvgIpc) is 3.13. The van der Waals surface area contributed by atoms with Crippen molar-refractivity contribution in [1.82, 2.24) is 4.90 Å². The fraction of sp³-hybridized carbons (Fsp3) is 0.324. The highest BCUT2D eigenvalue weighted by Gasteiger charge is 2.38. The largest absolute Gasteiger partial charge is 0.618 e. The number of para-hydroxylation sites is 1. The standard InChI is InChI=1S/C37H32Cl2F5N3O7/c38-25-16-26(39)29(47(50)19-25)17-31(23-8-9-30(52-35(41)42)32(15-23)53-36(43)44)51-34(48)24-5-3-4-21(14-24)18-46(28-7-2-1-6-27(28)40)37(49)54-33-20-45-12-10-22(33)11-13-45/h1-9,14-16,19,22,31,33,35-36H,10-13,17-18,20H2/t31-,33-/m0/s1. The van der Waals surface area contributed by atoms with Crippen LogP contribution in [0.25, 0.3) is 0 Å². The predicted molar refractivity (Wildman–Crippen MR) is 185 cm³/mol. The molecule has 10 nitrogen and oxygen atoms in total. The van der Waals surface area contributed by atoms with Gasteiger partial charge >= 0.3 is 25.3 Å². The van der Waals surface area contributed by atoms with Gasteiger partial charge in [-0.15, -0.1) is 0 Å². The quantitative estimate of drug-likeness (QED) is 0.0576. The third-order valence-corrected chi connectivity index (χ3v) is 9.70. The van der Waals surface area contributed by atoms with Crippen LogP contribution in [0.5, 0.6) is 11.5 Å². The molecular weight excluding hydrogens is 764 g/mol. The number of hydrogen-bond donors (Lipinski definition) is 0. The van der Waals surface area contributed by atoms with Crippen LogP contribution in [-0.2, 0) is 22.4 Å². The minimum absolute atomic E-state index is 0.00212. The molecule has 2 bridgehead atoms. The van der Waals surface area contributed by atoms with Crippen molar-refractivity contribution in [2.45, 2.75) is 51.2 Å². The molecule has 3 saturated heterocycles.